The summed E-state index contributed by atoms with van der Waals surface area (Å²) in [5.74, 6) is -1.10. The zero-order valence-electron chi connectivity index (χ0n) is 16.3. The SMILES string of the molecule is Cc1ccc(C)c(NC(=O)c2cccc(C(=O)NCCc3ccccc3F)n2)c1. The van der Waals surface area contributed by atoms with Crippen molar-refractivity contribution in [3.05, 3.63) is 94.6 Å². The third-order valence-corrected chi connectivity index (χ3v) is 4.49. The van der Waals surface area contributed by atoms with Crippen LogP contribution in [0.25, 0.3) is 0 Å². The summed E-state index contributed by atoms with van der Waals surface area (Å²) < 4.78 is 13.6. The molecule has 0 unspecified atom stereocenters. The summed E-state index contributed by atoms with van der Waals surface area (Å²) in [4.78, 5) is 29.1. The van der Waals surface area contributed by atoms with Gasteiger partial charge in [0.2, 0.25) is 0 Å². The number of nitrogens with one attached hydrogen (secondary N) is 2. The maximum Gasteiger partial charge on any atom is 0.274 e. The number of carbonyl (C=O) groups excluding carboxylic acids is 2. The monoisotopic (exact) mass is 391 g/mol. The fourth-order valence-electron chi connectivity index (χ4n) is 2.85. The predicted molar refractivity (Wildman–Crippen MR) is 111 cm³/mol. The minimum absolute atomic E-state index is 0.132. The molecular formula is C23H22FN3O2. The molecule has 0 aliphatic heterocycles. The van der Waals surface area contributed by atoms with Gasteiger partial charge in [0.1, 0.15) is 17.2 Å². The van der Waals surface area contributed by atoms with Gasteiger partial charge in [-0.1, -0.05) is 36.4 Å². The standard InChI is InChI=1S/C23H22FN3O2/c1-15-10-11-16(2)21(14-15)27-23(29)20-9-5-8-19(26-20)22(28)25-13-12-17-6-3-4-7-18(17)24/h3-11,14H,12-13H2,1-2H3,(H,25,28)(H,27,29). The van der Waals surface area contributed by atoms with Gasteiger partial charge in [-0.15, -0.1) is 0 Å². The molecule has 0 spiro atoms. The number of aryl methyl sites for hydroxylation is 2. The van der Waals surface area contributed by atoms with Crippen LogP contribution < -0.4 is 10.6 Å². The highest BCUT2D eigenvalue weighted by atomic mass is 19.1. The van der Waals surface area contributed by atoms with E-state index in [0.29, 0.717) is 17.7 Å². The topological polar surface area (TPSA) is 71.1 Å². The fourth-order valence-corrected chi connectivity index (χ4v) is 2.85. The lowest BCUT2D eigenvalue weighted by Crippen LogP contribution is -2.27. The van der Waals surface area contributed by atoms with E-state index in [0.717, 1.165) is 11.1 Å². The molecule has 6 heteroatoms. The average Bonchev–Trinajstić information content (AvgIpc) is 2.72. The van der Waals surface area contributed by atoms with Crippen LogP contribution in [-0.2, 0) is 6.42 Å². The third kappa shape index (κ3) is 5.25. The second kappa shape index (κ2) is 9.10. The quantitative estimate of drug-likeness (QED) is 0.666. The van der Waals surface area contributed by atoms with Crippen molar-refractivity contribution in [3.8, 4) is 0 Å². The van der Waals surface area contributed by atoms with Crippen molar-refractivity contribution in [2.45, 2.75) is 20.3 Å². The van der Waals surface area contributed by atoms with Gasteiger partial charge in [0.15, 0.2) is 0 Å². The summed E-state index contributed by atoms with van der Waals surface area (Å²) >= 11 is 0. The van der Waals surface area contributed by atoms with Gasteiger partial charge < -0.3 is 10.6 Å². The molecule has 0 saturated heterocycles. The number of benzene rings is 2. The number of hydrogen-bond acceptors (Lipinski definition) is 3. The van der Waals surface area contributed by atoms with Crippen LogP contribution in [0.4, 0.5) is 10.1 Å². The molecule has 2 aromatic carbocycles. The Kier molecular flexibility index (Phi) is 6.34. The highest BCUT2D eigenvalue weighted by molar-refractivity contribution is 6.04. The first-order valence-electron chi connectivity index (χ1n) is 9.31. The van der Waals surface area contributed by atoms with Gasteiger partial charge in [-0.2, -0.15) is 0 Å². The highest BCUT2D eigenvalue weighted by Crippen LogP contribution is 2.17. The summed E-state index contributed by atoms with van der Waals surface area (Å²) in [7, 11) is 0. The van der Waals surface area contributed by atoms with E-state index in [1.807, 2.05) is 32.0 Å². The van der Waals surface area contributed by atoms with E-state index < -0.39 is 5.91 Å². The van der Waals surface area contributed by atoms with Gasteiger partial charge in [0, 0.05) is 12.2 Å². The lowest BCUT2D eigenvalue weighted by atomic mass is 10.1. The molecule has 0 bridgehead atoms. The molecule has 2 amide bonds. The smallest absolute Gasteiger partial charge is 0.274 e. The van der Waals surface area contributed by atoms with Crippen molar-refractivity contribution in [2.75, 3.05) is 11.9 Å². The maximum atomic E-state index is 13.6. The molecule has 0 fully saturated rings. The van der Waals surface area contributed by atoms with Crippen LogP contribution in [0.3, 0.4) is 0 Å². The minimum atomic E-state index is -0.414. The van der Waals surface area contributed by atoms with Crippen molar-refractivity contribution < 1.29 is 14.0 Å². The number of pyridine rings is 1. The van der Waals surface area contributed by atoms with Gasteiger partial charge in [-0.3, -0.25) is 9.59 Å². The fraction of sp³-hybridized carbons (Fsp3) is 0.174. The van der Waals surface area contributed by atoms with Crippen molar-refractivity contribution in [1.29, 1.82) is 0 Å². The molecule has 3 aromatic rings. The Morgan fingerprint density at radius 3 is 2.41 bits per heavy atom. The average molecular weight is 391 g/mol. The molecular weight excluding hydrogens is 369 g/mol. The van der Waals surface area contributed by atoms with Gasteiger partial charge in [-0.05, 0) is 61.2 Å². The van der Waals surface area contributed by atoms with Crippen LogP contribution in [0.1, 0.15) is 37.7 Å². The van der Waals surface area contributed by atoms with Crippen molar-refractivity contribution in [1.82, 2.24) is 10.3 Å². The molecule has 5 nitrogen and oxygen atoms in total. The number of rotatable bonds is 6. The molecule has 3 rings (SSSR count). The Balaban J connectivity index is 1.63. The molecule has 29 heavy (non-hydrogen) atoms. The van der Waals surface area contributed by atoms with E-state index in [4.69, 9.17) is 0 Å². The van der Waals surface area contributed by atoms with Gasteiger partial charge in [-0.25, -0.2) is 9.37 Å². The first kappa shape index (κ1) is 20.2. The highest BCUT2D eigenvalue weighted by Gasteiger charge is 2.13. The summed E-state index contributed by atoms with van der Waals surface area (Å²) in [6.07, 6.45) is 0.366. The number of hydrogen-bond donors (Lipinski definition) is 2. The number of anilines is 1. The predicted octanol–water partition coefficient (Wildman–Crippen LogP) is 4.06. The summed E-state index contributed by atoms with van der Waals surface area (Å²) in [5, 5.41) is 5.54. The van der Waals surface area contributed by atoms with E-state index in [1.165, 1.54) is 12.1 Å². The van der Waals surface area contributed by atoms with Crippen molar-refractivity contribution in [3.63, 3.8) is 0 Å². The Hall–Kier alpha value is -3.54. The Labute approximate surface area is 169 Å². The number of amides is 2. The molecule has 0 aliphatic rings. The summed E-state index contributed by atoms with van der Waals surface area (Å²) in [6.45, 7) is 4.11. The van der Waals surface area contributed by atoms with Crippen LogP contribution in [0.15, 0.2) is 60.7 Å². The normalized spacial score (nSPS) is 10.4. The van der Waals surface area contributed by atoms with E-state index >= 15 is 0 Å². The van der Waals surface area contributed by atoms with Crippen LogP contribution in [-0.4, -0.2) is 23.3 Å². The van der Waals surface area contributed by atoms with Crippen LogP contribution in [0, 0.1) is 19.7 Å². The molecule has 2 N–H and O–H groups in total. The zero-order valence-corrected chi connectivity index (χ0v) is 16.3. The molecule has 148 valence electrons. The summed E-state index contributed by atoms with van der Waals surface area (Å²) in [6, 6.07) is 16.9. The number of aromatic nitrogens is 1. The molecule has 1 heterocycles. The Morgan fingerprint density at radius 2 is 1.66 bits per heavy atom. The van der Waals surface area contributed by atoms with Crippen molar-refractivity contribution in [2.24, 2.45) is 0 Å². The third-order valence-electron chi connectivity index (χ3n) is 4.49. The zero-order chi connectivity index (χ0) is 20.8. The van der Waals surface area contributed by atoms with E-state index in [9.17, 15) is 14.0 Å². The van der Waals surface area contributed by atoms with Crippen LogP contribution in [0.2, 0.25) is 0 Å². The van der Waals surface area contributed by atoms with E-state index in [1.54, 1.807) is 30.3 Å². The first-order valence-corrected chi connectivity index (χ1v) is 9.31. The lowest BCUT2D eigenvalue weighted by molar-refractivity contribution is 0.0949. The molecule has 0 saturated carbocycles. The molecule has 0 radical (unpaired) electrons. The lowest BCUT2D eigenvalue weighted by Gasteiger charge is -2.10. The van der Waals surface area contributed by atoms with E-state index in [-0.39, 0.29) is 29.7 Å². The molecule has 0 aliphatic carbocycles. The van der Waals surface area contributed by atoms with Gasteiger partial charge in [0.25, 0.3) is 11.8 Å². The van der Waals surface area contributed by atoms with Crippen LogP contribution >= 0.6 is 0 Å². The Morgan fingerprint density at radius 1 is 0.931 bits per heavy atom. The van der Waals surface area contributed by atoms with Gasteiger partial charge in [0.05, 0.1) is 0 Å². The largest absolute Gasteiger partial charge is 0.350 e. The number of carbonyl (C=O) groups is 2. The van der Waals surface area contributed by atoms with Crippen LogP contribution in [0.5, 0.6) is 0 Å². The minimum Gasteiger partial charge on any atom is -0.350 e. The van der Waals surface area contributed by atoms with Crippen molar-refractivity contribution >= 4 is 17.5 Å². The second-order valence-electron chi connectivity index (χ2n) is 6.78. The number of halogens is 1. The molecule has 1 aromatic heterocycles. The van der Waals surface area contributed by atoms with Gasteiger partial charge >= 0.3 is 0 Å². The Bertz CT molecular complexity index is 1050. The molecule has 0 atom stereocenters. The summed E-state index contributed by atoms with van der Waals surface area (Å²) in [5.41, 5.74) is 3.48. The second-order valence-corrected chi connectivity index (χ2v) is 6.78. The van der Waals surface area contributed by atoms with E-state index in [2.05, 4.69) is 15.6 Å². The number of nitrogens with zero attached hydrogens (tertiary/aromatic N) is 1. The maximum absolute atomic E-state index is 13.6. The first-order chi connectivity index (χ1) is 13.9.